The van der Waals surface area contributed by atoms with E-state index in [-0.39, 0.29) is 11.8 Å². The Morgan fingerprint density at radius 3 is 2.20 bits per heavy atom. The molecule has 0 bridgehead atoms. The van der Waals surface area contributed by atoms with E-state index in [0.29, 0.717) is 19.2 Å². The number of rotatable bonds is 3. The summed E-state index contributed by atoms with van der Waals surface area (Å²) in [5.74, 6) is -2.91. The molecule has 0 N–H and O–H groups in total. The Kier molecular flexibility index (Phi) is 3.82. The lowest BCUT2D eigenvalue weighted by atomic mass is 9.91. The number of alkyl halides is 3. The molecule has 1 heterocycles. The monoisotopic (exact) mass is 221 g/mol. The van der Waals surface area contributed by atoms with Gasteiger partial charge < -0.3 is 0 Å². The topological polar surface area (TPSA) is 3.24 Å². The zero-order valence-electron chi connectivity index (χ0n) is 9.22. The van der Waals surface area contributed by atoms with Crippen LogP contribution in [0.15, 0.2) is 12.7 Å². The van der Waals surface area contributed by atoms with Crippen molar-refractivity contribution in [3.05, 3.63) is 12.7 Å². The van der Waals surface area contributed by atoms with E-state index in [1.165, 1.54) is 4.90 Å². The molecule has 0 aromatic rings. The standard InChI is InChI=1S/C11H18F3N/c1-4-11(13,14)10(12)15-6-8(2)5-9(3)7-15/h4,8-10H,1,5-7H2,2-3H3. The molecule has 0 aliphatic carbocycles. The molecule has 1 fully saturated rings. The van der Waals surface area contributed by atoms with Crippen molar-refractivity contribution in [1.29, 1.82) is 0 Å². The molecule has 0 amide bonds. The third-order valence-corrected chi connectivity index (χ3v) is 2.81. The predicted molar refractivity (Wildman–Crippen MR) is 54.6 cm³/mol. The van der Waals surface area contributed by atoms with Crippen LogP contribution in [0.5, 0.6) is 0 Å². The third-order valence-electron chi connectivity index (χ3n) is 2.81. The first kappa shape index (κ1) is 12.6. The van der Waals surface area contributed by atoms with Crippen molar-refractivity contribution in [3.8, 4) is 0 Å². The van der Waals surface area contributed by atoms with Gasteiger partial charge in [0.05, 0.1) is 0 Å². The summed E-state index contributed by atoms with van der Waals surface area (Å²) in [7, 11) is 0. The van der Waals surface area contributed by atoms with Gasteiger partial charge in [0.1, 0.15) is 0 Å². The van der Waals surface area contributed by atoms with Gasteiger partial charge in [0.15, 0.2) is 0 Å². The molecule has 3 unspecified atom stereocenters. The van der Waals surface area contributed by atoms with Crippen LogP contribution >= 0.6 is 0 Å². The molecule has 0 spiro atoms. The Balaban J connectivity index is 2.66. The van der Waals surface area contributed by atoms with Gasteiger partial charge >= 0.3 is 5.92 Å². The van der Waals surface area contributed by atoms with Crippen LogP contribution in [0.25, 0.3) is 0 Å². The molecule has 0 radical (unpaired) electrons. The smallest absolute Gasteiger partial charge is 0.268 e. The molecule has 1 aliphatic rings. The predicted octanol–water partition coefficient (Wildman–Crippen LogP) is 3.08. The Bertz CT molecular complexity index is 220. The number of hydrogen-bond acceptors (Lipinski definition) is 1. The quantitative estimate of drug-likeness (QED) is 0.523. The summed E-state index contributed by atoms with van der Waals surface area (Å²) in [5.41, 5.74) is 0. The van der Waals surface area contributed by atoms with Crippen LogP contribution < -0.4 is 0 Å². The molecular formula is C11H18F3N. The van der Waals surface area contributed by atoms with E-state index in [9.17, 15) is 13.2 Å². The Morgan fingerprint density at radius 2 is 1.80 bits per heavy atom. The summed E-state index contributed by atoms with van der Waals surface area (Å²) >= 11 is 0. The fourth-order valence-corrected chi connectivity index (χ4v) is 2.24. The lowest BCUT2D eigenvalue weighted by Gasteiger charge is -2.38. The summed E-state index contributed by atoms with van der Waals surface area (Å²) in [5, 5.41) is 0. The number of hydrogen-bond donors (Lipinski definition) is 0. The second-order valence-corrected chi connectivity index (χ2v) is 4.61. The Labute approximate surface area is 88.9 Å². The minimum Gasteiger partial charge on any atom is -0.268 e. The molecule has 88 valence electrons. The Hall–Kier alpha value is -0.510. The summed E-state index contributed by atoms with van der Waals surface area (Å²) in [6, 6.07) is 0. The molecule has 1 aliphatic heterocycles. The van der Waals surface area contributed by atoms with E-state index < -0.39 is 12.2 Å². The van der Waals surface area contributed by atoms with Crippen molar-refractivity contribution in [2.45, 2.75) is 32.5 Å². The fourth-order valence-electron chi connectivity index (χ4n) is 2.24. The molecule has 1 rings (SSSR count). The van der Waals surface area contributed by atoms with Gasteiger partial charge in [-0.3, -0.25) is 4.90 Å². The van der Waals surface area contributed by atoms with Crippen molar-refractivity contribution in [2.24, 2.45) is 11.8 Å². The van der Waals surface area contributed by atoms with Gasteiger partial charge in [-0.25, -0.2) is 4.39 Å². The van der Waals surface area contributed by atoms with E-state index in [0.717, 1.165) is 6.42 Å². The molecule has 15 heavy (non-hydrogen) atoms. The average molecular weight is 221 g/mol. The molecular weight excluding hydrogens is 203 g/mol. The average Bonchev–Trinajstić information content (AvgIpc) is 2.15. The molecule has 0 saturated carbocycles. The van der Waals surface area contributed by atoms with Gasteiger partial charge in [0, 0.05) is 13.1 Å². The fraction of sp³-hybridized carbons (Fsp3) is 0.818. The minimum absolute atomic E-state index is 0.271. The van der Waals surface area contributed by atoms with Gasteiger partial charge in [-0.1, -0.05) is 20.4 Å². The number of likely N-dealkylation sites (tertiary alicyclic amines) is 1. The number of nitrogens with zero attached hydrogens (tertiary/aromatic N) is 1. The lowest BCUT2D eigenvalue weighted by Crippen LogP contribution is -2.50. The Morgan fingerprint density at radius 1 is 1.33 bits per heavy atom. The molecule has 4 heteroatoms. The van der Waals surface area contributed by atoms with Crippen LogP contribution in [-0.4, -0.2) is 30.2 Å². The van der Waals surface area contributed by atoms with E-state index in [1.54, 1.807) is 0 Å². The van der Waals surface area contributed by atoms with Crippen molar-refractivity contribution in [1.82, 2.24) is 4.90 Å². The van der Waals surface area contributed by atoms with Crippen LogP contribution in [0.4, 0.5) is 13.2 Å². The SMILES string of the molecule is C=CC(F)(F)C(F)N1CC(C)CC(C)C1. The van der Waals surface area contributed by atoms with Crippen LogP contribution in [0.1, 0.15) is 20.3 Å². The lowest BCUT2D eigenvalue weighted by molar-refractivity contribution is -0.118. The minimum atomic E-state index is -3.45. The van der Waals surface area contributed by atoms with Crippen molar-refractivity contribution < 1.29 is 13.2 Å². The highest BCUT2D eigenvalue weighted by atomic mass is 19.3. The number of piperidine rings is 1. The summed E-state index contributed by atoms with van der Waals surface area (Å²) in [4.78, 5) is 1.22. The van der Waals surface area contributed by atoms with Gasteiger partial charge in [-0.05, 0) is 24.3 Å². The third kappa shape index (κ3) is 2.97. The molecule has 1 saturated heterocycles. The van der Waals surface area contributed by atoms with Crippen LogP contribution in [0, 0.1) is 11.8 Å². The highest BCUT2D eigenvalue weighted by Crippen LogP contribution is 2.30. The summed E-state index contributed by atoms with van der Waals surface area (Å²) < 4.78 is 39.6. The maximum absolute atomic E-state index is 13.5. The summed E-state index contributed by atoms with van der Waals surface area (Å²) in [6.07, 6.45) is -0.870. The molecule has 0 aromatic carbocycles. The summed E-state index contributed by atoms with van der Waals surface area (Å²) in [6.45, 7) is 7.68. The van der Waals surface area contributed by atoms with Gasteiger partial charge in [0.25, 0.3) is 0 Å². The van der Waals surface area contributed by atoms with Crippen molar-refractivity contribution in [2.75, 3.05) is 13.1 Å². The highest BCUT2D eigenvalue weighted by molar-refractivity contribution is 4.94. The second-order valence-electron chi connectivity index (χ2n) is 4.61. The molecule has 0 aromatic heterocycles. The number of halogens is 3. The van der Waals surface area contributed by atoms with Gasteiger partial charge in [0.2, 0.25) is 6.30 Å². The maximum atomic E-state index is 13.5. The second kappa shape index (κ2) is 4.56. The van der Waals surface area contributed by atoms with Crippen LogP contribution in [0.2, 0.25) is 0 Å². The maximum Gasteiger partial charge on any atom is 0.310 e. The first-order chi connectivity index (χ1) is 6.86. The molecule has 3 atom stereocenters. The first-order valence-electron chi connectivity index (χ1n) is 5.26. The zero-order chi connectivity index (χ0) is 11.6. The van der Waals surface area contributed by atoms with Crippen molar-refractivity contribution >= 4 is 0 Å². The van der Waals surface area contributed by atoms with E-state index >= 15 is 0 Å². The largest absolute Gasteiger partial charge is 0.310 e. The van der Waals surface area contributed by atoms with Crippen LogP contribution in [0.3, 0.4) is 0 Å². The normalized spacial score (nSPS) is 31.3. The highest BCUT2D eigenvalue weighted by Gasteiger charge is 2.42. The zero-order valence-corrected chi connectivity index (χ0v) is 9.22. The first-order valence-corrected chi connectivity index (χ1v) is 5.26. The van der Waals surface area contributed by atoms with Crippen LogP contribution in [-0.2, 0) is 0 Å². The van der Waals surface area contributed by atoms with E-state index in [4.69, 9.17) is 0 Å². The van der Waals surface area contributed by atoms with Gasteiger partial charge in [-0.15, -0.1) is 0 Å². The van der Waals surface area contributed by atoms with E-state index in [1.807, 2.05) is 13.8 Å². The van der Waals surface area contributed by atoms with E-state index in [2.05, 4.69) is 6.58 Å². The molecule has 1 nitrogen and oxygen atoms in total. The van der Waals surface area contributed by atoms with Crippen molar-refractivity contribution in [3.63, 3.8) is 0 Å². The van der Waals surface area contributed by atoms with Gasteiger partial charge in [-0.2, -0.15) is 8.78 Å².